The van der Waals surface area contributed by atoms with Gasteiger partial charge in [-0.15, -0.1) is 0 Å². The second-order valence-corrected chi connectivity index (χ2v) is 16.2. The topological polar surface area (TPSA) is 26.3 Å². The largest absolute Gasteiger partial charge is 0.456 e. The summed E-state index contributed by atoms with van der Waals surface area (Å²) in [5.41, 5.74) is 18.3. The summed E-state index contributed by atoms with van der Waals surface area (Å²) in [6, 6.07) is 71.4. The predicted octanol–water partition coefficient (Wildman–Crippen LogP) is 15.5. The SMILES string of the molecule is c1ccc2c(c1)-c1ccccc1C21c2cc(-c3cccc4oc5c6ccccc6ccc5c34)ccc2-c2ccc3c(-c4ccc5c(c4)oc4ccccc45)cccc3c21. The fourth-order valence-corrected chi connectivity index (χ4v) is 11.1. The maximum atomic E-state index is 6.69. The minimum absolute atomic E-state index is 0.531. The van der Waals surface area contributed by atoms with Crippen molar-refractivity contribution in [3.63, 3.8) is 0 Å². The normalized spacial score (nSPS) is 13.6. The van der Waals surface area contributed by atoms with E-state index in [1.165, 1.54) is 77.4 Å². The highest BCUT2D eigenvalue weighted by molar-refractivity contribution is 6.19. The van der Waals surface area contributed by atoms with Crippen LogP contribution in [0.15, 0.2) is 203 Å². The van der Waals surface area contributed by atoms with Crippen LogP contribution in [0.25, 0.3) is 110 Å². The van der Waals surface area contributed by atoms with Gasteiger partial charge in [-0.1, -0.05) is 158 Å². The molecule has 2 aliphatic carbocycles. The Morgan fingerprint density at radius 2 is 0.898 bits per heavy atom. The van der Waals surface area contributed by atoms with Gasteiger partial charge in [0.2, 0.25) is 0 Å². The molecule has 14 rings (SSSR count). The van der Waals surface area contributed by atoms with Crippen LogP contribution in [0.3, 0.4) is 0 Å². The molecule has 0 saturated heterocycles. The molecule has 2 aliphatic rings. The Morgan fingerprint density at radius 1 is 0.305 bits per heavy atom. The van der Waals surface area contributed by atoms with Crippen LogP contribution in [0.1, 0.15) is 22.3 Å². The van der Waals surface area contributed by atoms with Gasteiger partial charge in [-0.25, -0.2) is 0 Å². The molecule has 0 unspecified atom stereocenters. The summed E-state index contributed by atoms with van der Waals surface area (Å²) in [5.74, 6) is 0. The lowest BCUT2D eigenvalue weighted by Gasteiger charge is -2.32. The van der Waals surface area contributed by atoms with Crippen LogP contribution in [-0.4, -0.2) is 0 Å². The van der Waals surface area contributed by atoms with Crippen molar-refractivity contribution in [3.05, 3.63) is 216 Å². The van der Waals surface area contributed by atoms with E-state index in [1.807, 2.05) is 6.07 Å². The number of fused-ring (bicyclic) bond motifs is 20. The van der Waals surface area contributed by atoms with Crippen LogP contribution in [-0.2, 0) is 5.41 Å². The Balaban J connectivity index is 1.05. The molecule has 59 heavy (non-hydrogen) atoms. The van der Waals surface area contributed by atoms with E-state index in [4.69, 9.17) is 8.83 Å². The Hall–Kier alpha value is -7.68. The molecule has 12 aromatic rings. The van der Waals surface area contributed by atoms with E-state index < -0.39 is 5.41 Å². The first-order valence-corrected chi connectivity index (χ1v) is 20.4. The van der Waals surface area contributed by atoms with E-state index >= 15 is 0 Å². The van der Waals surface area contributed by atoms with Crippen LogP contribution < -0.4 is 0 Å². The van der Waals surface area contributed by atoms with Gasteiger partial charge < -0.3 is 8.83 Å². The van der Waals surface area contributed by atoms with E-state index in [1.54, 1.807) is 0 Å². The van der Waals surface area contributed by atoms with Gasteiger partial charge in [-0.05, 0) is 119 Å². The lowest BCUT2D eigenvalue weighted by molar-refractivity contribution is 0.669. The molecule has 0 fully saturated rings. The minimum Gasteiger partial charge on any atom is -0.456 e. The lowest BCUT2D eigenvalue weighted by Crippen LogP contribution is -2.26. The highest BCUT2D eigenvalue weighted by atomic mass is 16.3. The molecule has 2 aromatic heterocycles. The number of rotatable bonds is 2. The zero-order chi connectivity index (χ0) is 38.4. The molecule has 272 valence electrons. The zero-order valence-corrected chi connectivity index (χ0v) is 31.8. The molecule has 10 aromatic carbocycles. The van der Waals surface area contributed by atoms with Gasteiger partial charge >= 0.3 is 0 Å². The smallest absolute Gasteiger partial charge is 0.143 e. The molecule has 0 atom stereocenters. The standard InChI is InChI=1S/C57H32O2/c1-2-12-38-33(11-1)23-28-47-54-37(17-10-22-52(54)59-56(38)47)34-24-26-42-46-30-29-39-36(35-25-27-44-43-15-5-8-21-51(43)58-53(44)32-35)16-9-18-45(39)55(46)57(50(42)31-34)48-19-6-3-13-40(48)41-14-4-7-20-49(41)57/h1-32H. The van der Waals surface area contributed by atoms with Gasteiger partial charge in [0.25, 0.3) is 0 Å². The predicted molar refractivity (Wildman–Crippen MR) is 243 cm³/mol. The van der Waals surface area contributed by atoms with E-state index in [-0.39, 0.29) is 0 Å². The zero-order valence-electron chi connectivity index (χ0n) is 31.8. The van der Waals surface area contributed by atoms with Gasteiger partial charge in [-0.2, -0.15) is 0 Å². The number of furan rings is 2. The third kappa shape index (κ3) is 3.96. The number of para-hydroxylation sites is 1. The third-order valence-electron chi connectivity index (χ3n) is 13.5. The maximum absolute atomic E-state index is 6.69. The van der Waals surface area contributed by atoms with Crippen molar-refractivity contribution in [2.75, 3.05) is 0 Å². The Bertz CT molecular complexity index is 3750. The van der Waals surface area contributed by atoms with Crippen molar-refractivity contribution in [1.29, 1.82) is 0 Å². The van der Waals surface area contributed by atoms with Gasteiger partial charge in [0.15, 0.2) is 0 Å². The van der Waals surface area contributed by atoms with E-state index in [0.717, 1.165) is 54.8 Å². The van der Waals surface area contributed by atoms with Gasteiger partial charge in [-0.3, -0.25) is 0 Å². The van der Waals surface area contributed by atoms with Crippen molar-refractivity contribution in [2.45, 2.75) is 5.41 Å². The average molecular weight is 749 g/mol. The molecule has 1 spiro atoms. The van der Waals surface area contributed by atoms with Gasteiger partial charge in [0.05, 0.1) is 5.41 Å². The molecule has 2 heteroatoms. The number of hydrogen-bond donors (Lipinski definition) is 0. The van der Waals surface area contributed by atoms with Crippen LogP contribution >= 0.6 is 0 Å². The highest BCUT2D eigenvalue weighted by Crippen LogP contribution is 2.64. The lowest BCUT2D eigenvalue weighted by atomic mass is 9.69. The molecule has 0 amide bonds. The average Bonchev–Trinajstić information content (AvgIpc) is 4.03. The van der Waals surface area contributed by atoms with Crippen LogP contribution in [0, 0.1) is 0 Å². The Kier molecular flexibility index (Phi) is 5.99. The van der Waals surface area contributed by atoms with Crippen LogP contribution in [0.2, 0.25) is 0 Å². The molecule has 0 radical (unpaired) electrons. The summed E-state index contributed by atoms with van der Waals surface area (Å²) in [5, 5.41) is 9.41. The monoisotopic (exact) mass is 748 g/mol. The summed E-state index contributed by atoms with van der Waals surface area (Å²) < 4.78 is 13.1. The number of benzene rings is 10. The van der Waals surface area contributed by atoms with E-state index in [0.29, 0.717) is 0 Å². The molecule has 0 aliphatic heterocycles. The highest BCUT2D eigenvalue weighted by Gasteiger charge is 2.52. The molecule has 0 bridgehead atoms. The fourth-order valence-electron chi connectivity index (χ4n) is 11.1. The number of hydrogen-bond acceptors (Lipinski definition) is 2. The quantitative estimate of drug-likeness (QED) is 0.176. The fraction of sp³-hybridized carbons (Fsp3) is 0.0175. The molecule has 2 nitrogen and oxygen atoms in total. The van der Waals surface area contributed by atoms with Crippen molar-refractivity contribution < 1.29 is 8.83 Å². The van der Waals surface area contributed by atoms with Crippen LogP contribution in [0.5, 0.6) is 0 Å². The minimum atomic E-state index is -0.531. The first-order chi connectivity index (χ1) is 29.3. The summed E-state index contributed by atoms with van der Waals surface area (Å²) in [7, 11) is 0. The van der Waals surface area contributed by atoms with Crippen molar-refractivity contribution in [3.8, 4) is 44.5 Å². The van der Waals surface area contributed by atoms with Gasteiger partial charge in [0, 0.05) is 26.9 Å². The summed E-state index contributed by atoms with van der Waals surface area (Å²) in [6.07, 6.45) is 0. The van der Waals surface area contributed by atoms with E-state index in [9.17, 15) is 0 Å². The summed E-state index contributed by atoms with van der Waals surface area (Å²) in [6.45, 7) is 0. The maximum Gasteiger partial charge on any atom is 0.143 e. The molecular weight excluding hydrogens is 717 g/mol. The molecule has 2 heterocycles. The molecule has 0 N–H and O–H groups in total. The Morgan fingerprint density at radius 3 is 1.78 bits per heavy atom. The first kappa shape index (κ1) is 31.4. The second kappa shape index (κ2) is 11.2. The molecule has 0 saturated carbocycles. The van der Waals surface area contributed by atoms with Crippen molar-refractivity contribution in [1.82, 2.24) is 0 Å². The van der Waals surface area contributed by atoms with Crippen molar-refractivity contribution >= 4 is 65.4 Å². The summed E-state index contributed by atoms with van der Waals surface area (Å²) in [4.78, 5) is 0. The third-order valence-corrected chi connectivity index (χ3v) is 13.5. The second-order valence-electron chi connectivity index (χ2n) is 16.2. The first-order valence-electron chi connectivity index (χ1n) is 20.4. The van der Waals surface area contributed by atoms with E-state index in [2.05, 4.69) is 188 Å². The molecular formula is C57H32O2. The van der Waals surface area contributed by atoms with Crippen LogP contribution in [0.4, 0.5) is 0 Å². The van der Waals surface area contributed by atoms with Crippen molar-refractivity contribution in [2.24, 2.45) is 0 Å². The van der Waals surface area contributed by atoms with Gasteiger partial charge in [0.1, 0.15) is 22.3 Å². The Labute approximate surface area is 339 Å². The summed E-state index contributed by atoms with van der Waals surface area (Å²) >= 11 is 0.